The fourth-order valence-electron chi connectivity index (χ4n) is 2.62. The average molecular weight is 339 g/mol. The lowest BCUT2D eigenvalue weighted by Gasteiger charge is -2.43. The third-order valence-corrected chi connectivity index (χ3v) is 4.62. The molecule has 7 heteroatoms. The van der Waals surface area contributed by atoms with E-state index in [-0.39, 0.29) is 6.04 Å². The molecule has 3 rings (SSSR count). The molecule has 2 fully saturated rings. The maximum atomic E-state index is 11.8. The number of hydrogen-bond donors (Lipinski definition) is 1. The lowest BCUT2D eigenvalue weighted by Crippen LogP contribution is -2.65. The molecule has 1 aromatic rings. The van der Waals surface area contributed by atoms with Crippen molar-refractivity contribution >= 4 is 33.6 Å². The van der Waals surface area contributed by atoms with Gasteiger partial charge in [0.05, 0.1) is 6.04 Å². The van der Waals surface area contributed by atoms with Gasteiger partial charge in [-0.05, 0) is 34.5 Å². The van der Waals surface area contributed by atoms with E-state index in [1.54, 1.807) is 11.1 Å². The standard InChI is InChI=1S/C13H15BrN4O2/c1-8-4-11(15-6-10(8)14)17-2-3-18-9(7-17)5-16-12(19)13(18)20/h4,6,9H,2-3,5,7H2,1H3,(H,16,19)/t9-/m1/s1. The Balaban J connectivity index is 1.77. The van der Waals surface area contributed by atoms with Crippen LogP contribution in [0.15, 0.2) is 16.7 Å². The summed E-state index contributed by atoms with van der Waals surface area (Å²) in [6.45, 7) is 4.49. The molecule has 0 unspecified atom stereocenters. The highest BCUT2D eigenvalue weighted by Crippen LogP contribution is 2.23. The number of hydrogen-bond acceptors (Lipinski definition) is 4. The largest absolute Gasteiger partial charge is 0.353 e. The number of rotatable bonds is 1. The van der Waals surface area contributed by atoms with Gasteiger partial charge in [0.1, 0.15) is 5.82 Å². The Labute approximate surface area is 125 Å². The van der Waals surface area contributed by atoms with Crippen molar-refractivity contribution in [1.82, 2.24) is 15.2 Å². The van der Waals surface area contributed by atoms with Crippen LogP contribution in [0.5, 0.6) is 0 Å². The molecule has 3 heterocycles. The molecular weight excluding hydrogens is 324 g/mol. The smallest absolute Gasteiger partial charge is 0.312 e. The van der Waals surface area contributed by atoms with Crippen LogP contribution in [-0.4, -0.2) is 53.9 Å². The predicted molar refractivity (Wildman–Crippen MR) is 77.4 cm³/mol. The number of amides is 2. The Morgan fingerprint density at radius 2 is 2.20 bits per heavy atom. The fourth-order valence-corrected chi connectivity index (χ4v) is 2.84. The molecule has 0 aromatic carbocycles. The summed E-state index contributed by atoms with van der Waals surface area (Å²) in [4.78, 5) is 31.4. The first kappa shape index (κ1) is 13.4. The number of carbonyl (C=O) groups is 2. The van der Waals surface area contributed by atoms with Gasteiger partial charge >= 0.3 is 11.8 Å². The highest BCUT2D eigenvalue weighted by Gasteiger charge is 2.37. The number of anilines is 1. The highest BCUT2D eigenvalue weighted by atomic mass is 79.9. The number of fused-ring (bicyclic) bond motifs is 1. The van der Waals surface area contributed by atoms with Crippen LogP contribution in [0.3, 0.4) is 0 Å². The van der Waals surface area contributed by atoms with Gasteiger partial charge in [-0.3, -0.25) is 9.59 Å². The molecule has 1 atom stereocenters. The number of halogens is 1. The molecule has 0 spiro atoms. The highest BCUT2D eigenvalue weighted by molar-refractivity contribution is 9.10. The van der Waals surface area contributed by atoms with Crippen molar-refractivity contribution in [2.75, 3.05) is 31.1 Å². The third kappa shape index (κ3) is 2.26. The van der Waals surface area contributed by atoms with Gasteiger partial charge in [-0.15, -0.1) is 0 Å². The molecule has 106 valence electrons. The first-order valence-corrected chi connectivity index (χ1v) is 7.31. The number of piperazine rings is 2. The normalized spacial score (nSPS) is 22.6. The van der Waals surface area contributed by atoms with Crippen LogP contribution >= 0.6 is 15.9 Å². The van der Waals surface area contributed by atoms with E-state index in [1.807, 2.05) is 13.0 Å². The summed E-state index contributed by atoms with van der Waals surface area (Å²) in [5, 5.41) is 2.64. The Hall–Kier alpha value is -1.63. The van der Waals surface area contributed by atoms with Crippen molar-refractivity contribution in [3.63, 3.8) is 0 Å². The molecule has 1 N–H and O–H groups in total. The van der Waals surface area contributed by atoms with E-state index in [0.717, 1.165) is 15.9 Å². The zero-order valence-corrected chi connectivity index (χ0v) is 12.7. The first-order valence-electron chi connectivity index (χ1n) is 6.52. The average Bonchev–Trinajstić information content (AvgIpc) is 2.45. The molecule has 2 saturated heterocycles. The van der Waals surface area contributed by atoms with Gasteiger partial charge < -0.3 is 15.1 Å². The van der Waals surface area contributed by atoms with Crippen molar-refractivity contribution in [2.24, 2.45) is 0 Å². The van der Waals surface area contributed by atoms with Crippen LogP contribution in [0.1, 0.15) is 5.56 Å². The van der Waals surface area contributed by atoms with Gasteiger partial charge in [-0.2, -0.15) is 0 Å². The van der Waals surface area contributed by atoms with E-state index in [1.165, 1.54) is 0 Å². The van der Waals surface area contributed by atoms with Gasteiger partial charge in [0.15, 0.2) is 0 Å². The second-order valence-corrected chi connectivity index (χ2v) is 5.95. The SMILES string of the molecule is Cc1cc(N2CCN3C(=O)C(=O)NC[C@@H]3C2)ncc1Br. The van der Waals surface area contributed by atoms with Crippen LogP contribution in [0.25, 0.3) is 0 Å². The molecule has 20 heavy (non-hydrogen) atoms. The molecule has 0 saturated carbocycles. The van der Waals surface area contributed by atoms with Crippen LogP contribution in [0.4, 0.5) is 5.82 Å². The van der Waals surface area contributed by atoms with Crippen LogP contribution in [0.2, 0.25) is 0 Å². The van der Waals surface area contributed by atoms with Crippen molar-refractivity contribution in [3.8, 4) is 0 Å². The lowest BCUT2D eigenvalue weighted by molar-refractivity contribution is -0.150. The number of aromatic nitrogens is 1. The van der Waals surface area contributed by atoms with Gasteiger partial charge in [0.2, 0.25) is 0 Å². The minimum absolute atomic E-state index is 0.0275. The molecule has 0 radical (unpaired) electrons. The Morgan fingerprint density at radius 3 is 2.95 bits per heavy atom. The summed E-state index contributed by atoms with van der Waals surface area (Å²) >= 11 is 3.44. The van der Waals surface area contributed by atoms with Crippen molar-refractivity contribution in [3.05, 3.63) is 22.3 Å². The van der Waals surface area contributed by atoms with E-state index < -0.39 is 11.8 Å². The first-order chi connectivity index (χ1) is 9.56. The summed E-state index contributed by atoms with van der Waals surface area (Å²) in [7, 11) is 0. The van der Waals surface area contributed by atoms with Crippen LogP contribution in [0, 0.1) is 6.92 Å². The molecule has 0 bridgehead atoms. The number of pyridine rings is 1. The number of nitrogens with one attached hydrogen (secondary N) is 1. The number of nitrogens with zero attached hydrogens (tertiary/aromatic N) is 3. The van der Waals surface area contributed by atoms with Gasteiger partial charge in [-0.1, -0.05) is 0 Å². The van der Waals surface area contributed by atoms with Crippen LogP contribution < -0.4 is 10.2 Å². The minimum Gasteiger partial charge on any atom is -0.353 e. The second-order valence-electron chi connectivity index (χ2n) is 5.10. The van der Waals surface area contributed by atoms with Crippen molar-refractivity contribution in [1.29, 1.82) is 0 Å². The van der Waals surface area contributed by atoms with Gasteiger partial charge in [0.25, 0.3) is 0 Å². The van der Waals surface area contributed by atoms with Crippen molar-refractivity contribution in [2.45, 2.75) is 13.0 Å². The summed E-state index contributed by atoms with van der Waals surface area (Å²) in [6.07, 6.45) is 1.80. The van der Waals surface area contributed by atoms with Crippen LogP contribution in [-0.2, 0) is 9.59 Å². The van der Waals surface area contributed by atoms with E-state index in [0.29, 0.717) is 26.2 Å². The third-order valence-electron chi connectivity index (χ3n) is 3.79. The van der Waals surface area contributed by atoms with E-state index >= 15 is 0 Å². The maximum absolute atomic E-state index is 11.8. The Kier molecular flexibility index (Phi) is 3.37. The zero-order chi connectivity index (χ0) is 14.3. The second kappa shape index (κ2) is 5.05. The molecule has 2 aliphatic rings. The Bertz CT molecular complexity index is 577. The summed E-state index contributed by atoms with van der Waals surface area (Å²) in [5.74, 6) is 0.00264. The van der Waals surface area contributed by atoms with Gasteiger partial charge in [-0.25, -0.2) is 4.98 Å². The summed E-state index contributed by atoms with van der Waals surface area (Å²) in [6, 6.07) is 2.06. The molecule has 6 nitrogen and oxygen atoms in total. The molecule has 0 aliphatic carbocycles. The number of carbonyl (C=O) groups excluding carboxylic acids is 2. The molecule has 1 aromatic heterocycles. The molecule has 2 aliphatic heterocycles. The predicted octanol–water partition coefficient (Wildman–Crippen LogP) is 0.300. The van der Waals surface area contributed by atoms with E-state index in [2.05, 4.69) is 31.1 Å². The lowest BCUT2D eigenvalue weighted by atomic mass is 10.1. The number of aryl methyl sites for hydroxylation is 1. The van der Waals surface area contributed by atoms with E-state index in [9.17, 15) is 9.59 Å². The van der Waals surface area contributed by atoms with Crippen molar-refractivity contribution < 1.29 is 9.59 Å². The van der Waals surface area contributed by atoms with E-state index in [4.69, 9.17) is 0 Å². The summed E-state index contributed by atoms with van der Waals surface area (Å²) < 4.78 is 0.986. The topological polar surface area (TPSA) is 65.5 Å². The Morgan fingerprint density at radius 1 is 1.40 bits per heavy atom. The molecule has 2 amide bonds. The van der Waals surface area contributed by atoms with Gasteiger partial charge in [0, 0.05) is 36.8 Å². The quantitative estimate of drug-likeness (QED) is 0.748. The zero-order valence-electron chi connectivity index (χ0n) is 11.1. The minimum atomic E-state index is -0.493. The maximum Gasteiger partial charge on any atom is 0.312 e. The molecular formula is C13H15BrN4O2. The monoisotopic (exact) mass is 338 g/mol. The summed E-state index contributed by atoms with van der Waals surface area (Å²) in [5.41, 5.74) is 1.13. The fraction of sp³-hybridized carbons (Fsp3) is 0.462.